The van der Waals surface area contributed by atoms with E-state index >= 15 is 0 Å². The first kappa shape index (κ1) is 30.5. The van der Waals surface area contributed by atoms with Gasteiger partial charge in [0.15, 0.2) is 0 Å². The molecule has 0 amide bonds. The lowest BCUT2D eigenvalue weighted by molar-refractivity contribution is -0.275. The highest BCUT2D eigenvalue weighted by Gasteiger charge is 2.40. The van der Waals surface area contributed by atoms with Crippen molar-refractivity contribution in [3.8, 4) is 46.1 Å². The number of fused-ring (bicyclic) bond motifs is 6. The molecule has 0 aromatic heterocycles. The van der Waals surface area contributed by atoms with Crippen LogP contribution in [0.1, 0.15) is 33.7 Å². The van der Waals surface area contributed by atoms with Gasteiger partial charge >= 0.3 is 12.7 Å². The molecule has 0 aliphatic heterocycles. The highest BCUT2D eigenvalue weighted by atomic mass is 19.4. The van der Waals surface area contributed by atoms with Gasteiger partial charge in [-0.3, -0.25) is 0 Å². The van der Waals surface area contributed by atoms with E-state index in [0.717, 1.165) is 27.8 Å². The Labute approximate surface area is 268 Å². The van der Waals surface area contributed by atoms with Gasteiger partial charge in [0.2, 0.25) is 12.4 Å². The van der Waals surface area contributed by atoms with Crippen LogP contribution in [0.5, 0.6) is 11.5 Å². The summed E-state index contributed by atoms with van der Waals surface area (Å²) in [5, 5.41) is 19.2. The minimum atomic E-state index is -4.81. The van der Waals surface area contributed by atoms with Crippen molar-refractivity contribution in [2.75, 3.05) is 0 Å². The number of alkyl halides is 6. The lowest BCUT2D eigenvalue weighted by Gasteiger charge is -2.20. The zero-order valence-corrected chi connectivity index (χ0v) is 24.3. The van der Waals surface area contributed by atoms with Gasteiger partial charge in [0, 0.05) is 28.5 Å². The Bertz CT molecular complexity index is 2180. The number of nitrogens with zero attached hydrogens (tertiary/aromatic N) is 4. The third-order valence-electron chi connectivity index (χ3n) is 8.36. The summed E-state index contributed by atoms with van der Waals surface area (Å²) in [7, 11) is 0. The number of rotatable bonds is 4. The van der Waals surface area contributed by atoms with Crippen LogP contribution < -0.4 is 9.47 Å². The van der Waals surface area contributed by atoms with Crippen LogP contribution in [0.2, 0.25) is 0 Å². The van der Waals surface area contributed by atoms with Crippen molar-refractivity contribution < 1.29 is 35.8 Å². The predicted molar refractivity (Wildman–Crippen MR) is 164 cm³/mol. The Morgan fingerprint density at radius 3 is 1.77 bits per heavy atom. The topological polar surface area (TPSA) is 90.8 Å². The van der Waals surface area contributed by atoms with Crippen LogP contribution >= 0.6 is 0 Å². The Hall–Kier alpha value is -6.14. The Kier molecular flexibility index (Phi) is 7.17. The van der Waals surface area contributed by atoms with E-state index in [1.54, 1.807) is 0 Å². The standard InChI is InChI=1S/C36H18F6N4O2/c37-35(38,39)47-23-7-1-19(2-8-23)21-5-11-25-27-15-32-28(16-31(27)33(45-17-43)29(25)13-21)26-12-6-22(14-30(26)34(32)46-18-44)20-3-9-24(10-4-20)48-36(40,41)42/h1-16,25,29H. The van der Waals surface area contributed by atoms with Gasteiger partial charge in [-0.25, -0.2) is 0 Å². The van der Waals surface area contributed by atoms with Crippen LogP contribution in [0.3, 0.4) is 0 Å². The Balaban J connectivity index is 1.24. The van der Waals surface area contributed by atoms with Crippen LogP contribution in [0, 0.1) is 28.8 Å². The summed E-state index contributed by atoms with van der Waals surface area (Å²) in [6.07, 6.45) is -0.0819. The first-order chi connectivity index (χ1) is 22.9. The molecule has 7 rings (SSSR count). The number of hydrogen-bond donors (Lipinski definition) is 0. The third-order valence-corrected chi connectivity index (χ3v) is 8.36. The van der Waals surface area contributed by atoms with Gasteiger partial charge in [0.05, 0.1) is 11.4 Å². The summed E-state index contributed by atoms with van der Waals surface area (Å²) < 4.78 is 83.7. The second-order valence-electron chi connectivity index (χ2n) is 11.1. The van der Waals surface area contributed by atoms with E-state index < -0.39 is 12.7 Å². The summed E-state index contributed by atoms with van der Waals surface area (Å²) in [6, 6.07) is 20.3. The molecule has 0 fully saturated rings. The molecule has 12 heteroatoms. The highest BCUT2D eigenvalue weighted by Crippen LogP contribution is 2.49. The van der Waals surface area contributed by atoms with Crippen molar-refractivity contribution >= 4 is 17.0 Å². The maximum atomic E-state index is 12.6. The van der Waals surface area contributed by atoms with E-state index in [2.05, 4.69) is 19.5 Å². The molecule has 0 spiro atoms. The van der Waals surface area contributed by atoms with Gasteiger partial charge in [-0.05, 0) is 81.4 Å². The SMILES string of the molecule is N#CN=C1c2cc(-c3ccc(OC(F)(F)F)cc3)ccc2-c2cc3c(cc21)C1C=CC(c2ccc(OC(F)(F)F)cc2)=CC1C3=NC#N. The fraction of sp³-hybridized carbons (Fsp3) is 0.111. The molecular weight excluding hydrogens is 634 g/mol. The number of aliphatic imine (C=N–C) groups is 2. The molecule has 48 heavy (non-hydrogen) atoms. The molecule has 0 heterocycles. The highest BCUT2D eigenvalue weighted by molar-refractivity contribution is 6.26. The van der Waals surface area contributed by atoms with E-state index in [9.17, 15) is 36.9 Å². The maximum Gasteiger partial charge on any atom is 0.573 e. The number of nitriles is 2. The molecule has 4 aromatic carbocycles. The molecule has 0 radical (unpaired) electrons. The maximum absolute atomic E-state index is 12.6. The van der Waals surface area contributed by atoms with E-state index in [1.807, 2.05) is 60.9 Å². The second kappa shape index (κ2) is 11.3. The monoisotopic (exact) mass is 652 g/mol. The van der Waals surface area contributed by atoms with Crippen LogP contribution in [0.25, 0.3) is 27.8 Å². The smallest absolute Gasteiger partial charge is 0.406 e. The first-order valence-electron chi connectivity index (χ1n) is 14.3. The van der Waals surface area contributed by atoms with Crippen molar-refractivity contribution in [1.29, 1.82) is 10.5 Å². The number of benzene rings is 4. The number of halogens is 6. The number of allylic oxidation sites excluding steroid dienone is 4. The van der Waals surface area contributed by atoms with E-state index in [0.29, 0.717) is 39.2 Å². The minimum Gasteiger partial charge on any atom is -0.406 e. The zero-order chi connectivity index (χ0) is 33.8. The van der Waals surface area contributed by atoms with E-state index in [1.165, 1.54) is 48.5 Å². The molecule has 0 bridgehead atoms. The predicted octanol–water partition coefficient (Wildman–Crippen LogP) is 9.09. The van der Waals surface area contributed by atoms with Gasteiger partial charge in [0.1, 0.15) is 11.5 Å². The van der Waals surface area contributed by atoms with Crippen molar-refractivity contribution in [2.24, 2.45) is 15.9 Å². The van der Waals surface area contributed by atoms with E-state index in [4.69, 9.17) is 0 Å². The molecule has 3 aliphatic rings. The molecule has 4 aromatic rings. The molecule has 0 saturated carbocycles. The molecule has 0 N–H and O–H groups in total. The molecule has 6 nitrogen and oxygen atoms in total. The van der Waals surface area contributed by atoms with Crippen LogP contribution in [0.15, 0.2) is 107 Å². The summed E-state index contributed by atoms with van der Waals surface area (Å²) in [5.74, 6) is -1.24. The molecule has 2 unspecified atom stereocenters. The lowest BCUT2D eigenvalue weighted by Crippen LogP contribution is -2.17. The number of hydrogen-bond acceptors (Lipinski definition) is 6. The van der Waals surface area contributed by atoms with Crippen molar-refractivity contribution in [3.05, 3.63) is 125 Å². The fourth-order valence-electron chi connectivity index (χ4n) is 6.49. The molecule has 236 valence electrons. The lowest BCUT2D eigenvalue weighted by atomic mass is 9.83. The Morgan fingerprint density at radius 2 is 1.17 bits per heavy atom. The molecule has 0 saturated heterocycles. The van der Waals surface area contributed by atoms with E-state index in [-0.39, 0.29) is 23.3 Å². The molecular formula is C36H18F6N4O2. The van der Waals surface area contributed by atoms with Gasteiger partial charge in [-0.15, -0.1) is 26.3 Å². The van der Waals surface area contributed by atoms with Gasteiger partial charge < -0.3 is 9.47 Å². The summed E-state index contributed by atoms with van der Waals surface area (Å²) in [6.45, 7) is 0. The summed E-state index contributed by atoms with van der Waals surface area (Å²) in [5.41, 5.74) is 8.22. The van der Waals surface area contributed by atoms with Crippen molar-refractivity contribution in [2.45, 2.75) is 18.6 Å². The largest absolute Gasteiger partial charge is 0.573 e. The average Bonchev–Trinajstić information content (AvgIpc) is 3.50. The normalized spacial score (nSPS) is 19.1. The van der Waals surface area contributed by atoms with Gasteiger partial charge in [-0.1, -0.05) is 54.6 Å². The molecule has 3 aliphatic carbocycles. The zero-order valence-electron chi connectivity index (χ0n) is 24.3. The summed E-state index contributed by atoms with van der Waals surface area (Å²) in [4.78, 5) is 8.33. The van der Waals surface area contributed by atoms with Crippen LogP contribution in [0.4, 0.5) is 26.3 Å². The second-order valence-corrected chi connectivity index (χ2v) is 11.1. The van der Waals surface area contributed by atoms with Crippen molar-refractivity contribution in [3.63, 3.8) is 0 Å². The fourth-order valence-corrected chi connectivity index (χ4v) is 6.49. The third kappa shape index (κ3) is 5.58. The number of ether oxygens (including phenoxy) is 2. The van der Waals surface area contributed by atoms with Gasteiger partial charge in [-0.2, -0.15) is 20.5 Å². The quantitative estimate of drug-likeness (QED) is 0.143. The van der Waals surface area contributed by atoms with Crippen molar-refractivity contribution in [1.82, 2.24) is 0 Å². The Morgan fingerprint density at radius 1 is 0.583 bits per heavy atom. The average molecular weight is 653 g/mol. The first-order valence-corrected chi connectivity index (χ1v) is 14.3. The summed E-state index contributed by atoms with van der Waals surface area (Å²) >= 11 is 0. The van der Waals surface area contributed by atoms with Gasteiger partial charge in [0.25, 0.3) is 0 Å². The van der Waals surface area contributed by atoms with Crippen LogP contribution in [-0.2, 0) is 0 Å². The molecule has 2 atom stereocenters. The minimum absolute atomic E-state index is 0.214. The van der Waals surface area contributed by atoms with Crippen LogP contribution in [-0.4, -0.2) is 24.1 Å².